The lowest BCUT2D eigenvalue weighted by Gasteiger charge is -2.25. The molecule has 3 aromatic rings. The molecule has 2 aromatic carbocycles. The van der Waals surface area contributed by atoms with Crippen LogP contribution in [0.25, 0.3) is 6.08 Å². The van der Waals surface area contributed by atoms with Crippen molar-refractivity contribution in [2.45, 2.75) is 25.8 Å². The van der Waals surface area contributed by atoms with Crippen LogP contribution in [0.2, 0.25) is 10.0 Å². The van der Waals surface area contributed by atoms with E-state index in [-0.39, 0.29) is 22.0 Å². The maximum atomic E-state index is 12.8. The van der Waals surface area contributed by atoms with E-state index in [2.05, 4.69) is 33.3 Å². The van der Waals surface area contributed by atoms with Gasteiger partial charge in [-0.3, -0.25) is 9.79 Å². The molecular formula is C30H29Cl2N5O3. The zero-order chi connectivity index (χ0) is 28.5. The summed E-state index contributed by atoms with van der Waals surface area (Å²) >= 11 is 12.3. The van der Waals surface area contributed by atoms with Crippen LogP contribution in [0.1, 0.15) is 35.7 Å². The van der Waals surface area contributed by atoms with Crippen molar-refractivity contribution >= 4 is 58.5 Å². The topological polar surface area (TPSA) is 96.8 Å². The van der Waals surface area contributed by atoms with Crippen molar-refractivity contribution in [1.82, 2.24) is 15.3 Å². The van der Waals surface area contributed by atoms with Gasteiger partial charge in [-0.15, -0.1) is 0 Å². The first-order valence-electron chi connectivity index (χ1n) is 12.7. The second-order valence-corrected chi connectivity index (χ2v) is 10.0. The van der Waals surface area contributed by atoms with Gasteiger partial charge in [0.15, 0.2) is 0 Å². The number of anilines is 2. The average molecular weight is 579 g/mol. The molecule has 1 N–H and O–H groups in total. The summed E-state index contributed by atoms with van der Waals surface area (Å²) in [7, 11) is 1.27. The Balaban J connectivity index is 1.46. The fourth-order valence-electron chi connectivity index (χ4n) is 4.19. The number of aromatic nitrogens is 2. The van der Waals surface area contributed by atoms with Gasteiger partial charge >= 0.3 is 5.97 Å². The van der Waals surface area contributed by atoms with Crippen molar-refractivity contribution in [2.75, 3.05) is 18.6 Å². The number of halogens is 2. The van der Waals surface area contributed by atoms with Gasteiger partial charge in [-0.05, 0) is 54.7 Å². The van der Waals surface area contributed by atoms with Gasteiger partial charge < -0.3 is 15.0 Å². The molecule has 2 atom stereocenters. The van der Waals surface area contributed by atoms with Crippen molar-refractivity contribution in [3.63, 3.8) is 0 Å². The monoisotopic (exact) mass is 577 g/mol. The Morgan fingerprint density at radius 3 is 2.45 bits per heavy atom. The van der Waals surface area contributed by atoms with E-state index in [0.29, 0.717) is 18.4 Å². The predicted octanol–water partition coefficient (Wildman–Crippen LogP) is 6.29. The molecule has 1 aromatic heterocycles. The van der Waals surface area contributed by atoms with E-state index in [1.165, 1.54) is 7.11 Å². The second kappa shape index (κ2) is 13.9. The summed E-state index contributed by atoms with van der Waals surface area (Å²) in [5.41, 5.74) is 2.99. The van der Waals surface area contributed by atoms with E-state index in [1.807, 2.05) is 41.4 Å². The minimum absolute atomic E-state index is 0.107. The summed E-state index contributed by atoms with van der Waals surface area (Å²) in [5, 5.41) is 3.06. The highest BCUT2D eigenvalue weighted by Crippen LogP contribution is 2.26. The molecule has 0 radical (unpaired) electrons. The molecule has 8 nitrogen and oxygen atoms in total. The minimum atomic E-state index is -0.918. The largest absolute Gasteiger partial charge is 0.467 e. The number of rotatable bonds is 10. The maximum absolute atomic E-state index is 12.8. The number of amides is 1. The van der Waals surface area contributed by atoms with Crippen LogP contribution in [0.15, 0.2) is 84.3 Å². The number of hydrogen-bond acceptors (Lipinski definition) is 7. The smallest absolute Gasteiger partial charge is 0.328 e. The number of ether oxygens (including phenoxy) is 1. The van der Waals surface area contributed by atoms with Crippen LogP contribution in [0, 0.1) is 5.92 Å². The molecule has 0 aliphatic carbocycles. The molecule has 10 heteroatoms. The fourth-order valence-corrected chi connectivity index (χ4v) is 4.76. The molecule has 2 unspecified atom stereocenters. The number of nitrogens with zero attached hydrogens (tertiary/aromatic N) is 4. The highest BCUT2D eigenvalue weighted by atomic mass is 35.5. The zero-order valence-electron chi connectivity index (χ0n) is 22.1. The van der Waals surface area contributed by atoms with E-state index in [4.69, 9.17) is 27.9 Å². The third-order valence-electron chi connectivity index (χ3n) is 6.23. The SMILES string of the molecule is COC(=O)C(C/C=C/c1ccc(N(CC2=NC=CC(C)C2)c2ncccn2)cc1)NC(=O)c1c(Cl)cccc1Cl. The van der Waals surface area contributed by atoms with Crippen LogP contribution in [0.3, 0.4) is 0 Å². The highest BCUT2D eigenvalue weighted by molar-refractivity contribution is 6.39. The van der Waals surface area contributed by atoms with Crippen molar-refractivity contribution in [3.8, 4) is 0 Å². The first-order valence-corrected chi connectivity index (χ1v) is 13.5. The molecule has 1 aliphatic rings. The standard InChI is InChI=1S/C30H29Cl2N5O3/c1-20-14-17-33-22(18-20)19-37(30-34-15-5-16-35-30)23-12-10-21(11-13-23)6-3-9-26(29(39)40-2)36-28(38)27-24(31)7-4-8-25(27)32/h3-8,10-17,20,26H,9,18-19H2,1-2H3,(H,36,38)/b6-3+. The van der Waals surface area contributed by atoms with Crippen molar-refractivity contribution in [2.24, 2.45) is 10.9 Å². The number of carbonyl (C=O) groups excluding carboxylic acids is 2. The number of esters is 1. The highest BCUT2D eigenvalue weighted by Gasteiger charge is 2.23. The number of nitrogens with one attached hydrogen (secondary N) is 1. The van der Waals surface area contributed by atoms with Gasteiger partial charge in [0.05, 0.1) is 29.3 Å². The molecular weight excluding hydrogens is 549 g/mol. The Morgan fingerprint density at radius 2 is 1.80 bits per heavy atom. The van der Waals surface area contributed by atoms with Crippen LogP contribution >= 0.6 is 23.2 Å². The van der Waals surface area contributed by atoms with Gasteiger partial charge in [0, 0.05) is 30.0 Å². The number of aliphatic imine (C=N–C) groups is 1. The van der Waals surface area contributed by atoms with Crippen molar-refractivity contribution < 1.29 is 14.3 Å². The molecule has 1 amide bonds. The Bertz CT molecular complexity index is 1400. The Hall–Kier alpha value is -4.01. The molecule has 0 fully saturated rings. The van der Waals surface area contributed by atoms with E-state index >= 15 is 0 Å². The number of benzene rings is 2. The number of hydrogen-bond donors (Lipinski definition) is 1. The molecule has 1 aliphatic heterocycles. The van der Waals surface area contributed by atoms with E-state index in [9.17, 15) is 9.59 Å². The normalized spacial score (nSPS) is 15.4. The number of allylic oxidation sites excluding steroid dienone is 1. The van der Waals surface area contributed by atoms with Crippen LogP contribution < -0.4 is 10.2 Å². The third-order valence-corrected chi connectivity index (χ3v) is 6.86. The quantitative estimate of drug-likeness (QED) is 0.284. The van der Waals surface area contributed by atoms with Gasteiger partial charge in [-0.2, -0.15) is 0 Å². The van der Waals surface area contributed by atoms with Crippen LogP contribution in [-0.2, 0) is 9.53 Å². The van der Waals surface area contributed by atoms with E-state index < -0.39 is 17.9 Å². The molecule has 2 heterocycles. The maximum Gasteiger partial charge on any atom is 0.328 e. The van der Waals surface area contributed by atoms with Gasteiger partial charge in [0.25, 0.3) is 5.91 Å². The summed E-state index contributed by atoms with van der Waals surface area (Å²) < 4.78 is 4.88. The second-order valence-electron chi connectivity index (χ2n) is 9.23. The molecule has 4 rings (SSSR count). The van der Waals surface area contributed by atoms with Gasteiger partial charge in [-0.1, -0.05) is 66.6 Å². The first kappa shape index (κ1) is 29.0. The summed E-state index contributed by atoms with van der Waals surface area (Å²) in [5.74, 6) is -0.117. The summed E-state index contributed by atoms with van der Waals surface area (Å²) in [6.07, 6.45) is 12.1. The van der Waals surface area contributed by atoms with Gasteiger partial charge in [0.2, 0.25) is 5.95 Å². The lowest BCUT2D eigenvalue weighted by molar-refractivity contribution is -0.142. The van der Waals surface area contributed by atoms with Crippen LogP contribution in [0.4, 0.5) is 11.6 Å². The Morgan fingerprint density at radius 1 is 1.10 bits per heavy atom. The molecule has 0 saturated heterocycles. The molecule has 206 valence electrons. The van der Waals surface area contributed by atoms with Gasteiger partial charge in [-0.25, -0.2) is 14.8 Å². The summed E-state index contributed by atoms with van der Waals surface area (Å²) in [6.45, 7) is 2.74. The van der Waals surface area contributed by atoms with E-state index in [1.54, 1.807) is 42.7 Å². The van der Waals surface area contributed by atoms with Crippen molar-refractivity contribution in [1.29, 1.82) is 0 Å². The lowest BCUT2D eigenvalue weighted by atomic mass is 10.0. The lowest BCUT2D eigenvalue weighted by Crippen LogP contribution is -2.41. The first-order chi connectivity index (χ1) is 19.4. The molecule has 40 heavy (non-hydrogen) atoms. The summed E-state index contributed by atoms with van der Waals surface area (Å²) in [4.78, 5) is 40.6. The van der Waals surface area contributed by atoms with Crippen LogP contribution in [0.5, 0.6) is 0 Å². The van der Waals surface area contributed by atoms with Crippen molar-refractivity contribution in [3.05, 3.63) is 100 Å². The minimum Gasteiger partial charge on any atom is -0.467 e. The third kappa shape index (κ3) is 7.55. The number of carbonyl (C=O) groups is 2. The average Bonchev–Trinajstić information content (AvgIpc) is 2.96. The summed E-state index contributed by atoms with van der Waals surface area (Å²) in [6, 6.07) is 13.5. The predicted molar refractivity (Wildman–Crippen MR) is 159 cm³/mol. The van der Waals surface area contributed by atoms with E-state index in [0.717, 1.165) is 23.4 Å². The van der Waals surface area contributed by atoms with Crippen LogP contribution in [-0.4, -0.2) is 47.3 Å². The Kier molecular flexibility index (Phi) is 10.0. The molecule has 0 spiro atoms. The van der Waals surface area contributed by atoms with Gasteiger partial charge in [0.1, 0.15) is 6.04 Å². The fraction of sp³-hybridized carbons (Fsp3) is 0.233. The zero-order valence-corrected chi connectivity index (χ0v) is 23.6. The molecule has 0 saturated carbocycles. The number of methoxy groups -OCH3 is 1. The Labute approximate surface area is 243 Å². The molecule has 0 bridgehead atoms.